The van der Waals surface area contributed by atoms with E-state index in [0.717, 1.165) is 29.5 Å². The van der Waals surface area contributed by atoms with Gasteiger partial charge in [-0.15, -0.1) is 11.3 Å². The Morgan fingerprint density at radius 2 is 2.25 bits per heavy atom. The molecule has 3 heterocycles. The van der Waals surface area contributed by atoms with Crippen LogP contribution in [0.25, 0.3) is 4.96 Å². The molecule has 2 unspecified atom stereocenters. The summed E-state index contributed by atoms with van der Waals surface area (Å²) in [5.74, 6) is 2.18. The van der Waals surface area contributed by atoms with Gasteiger partial charge in [0.15, 0.2) is 10.8 Å². The van der Waals surface area contributed by atoms with Crippen LogP contribution in [0.15, 0.2) is 11.6 Å². The summed E-state index contributed by atoms with van der Waals surface area (Å²) in [7, 11) is 0. The maximum atomic E-state index is 4.94. The molecule has 0 radical (unpaired) electrons. The van der Waals surface area contributed by atoms with Gasteiger partial charge in [0.2, 0.25) is 0 Å². The van der Waals surface area contributed by atoms with Gasteiger partial charge in [-0.1, -0.05) is 0 Å². The number of rotatable bonds is 4. The third kappa shape index (κ3) is 1.72. The minimum Gasteiger partial charge on any atom is -0.352 e. The van der Waals surface area contributed by atoms with Crippen LogP contribution in [0, 0.1) is 5.92 Å². The number of anilines is 1. The molecule has 1 aliphatic heterocycles. The molecule has 0 aromatic carbocycles. The molecule has 0 spiro atoms. The van der Waals surface area contributed by atoms with E-state index in [1.165, 1.54) is 50.2 Å². The molecule has 1 N–H and O–H groups in total. The Morgan fingerprint density at radius 3 is 3.00 bits per heavy atom. The Labute approximate surface area is 122 Å². The number of fused-ring (bicyclic) bond motifs is 3. The fourth-order valence-electron chi connectivity index (χ4n) is 3.93. The Kier molecular flexibility index (Phi) is 2.44. The second-order valence-corrected chi connectivity index (χ2v) is 7.45. The molecule has 3 aliphatic rings. The van der Waals surface area contributed by atoms with Gasteiger partial charge in [-0.05, 0) is 38.0 Å². The number of nitrogens with zero attached hydrogens (tertiary/aromatic N) is 3. The molecule has 4 nitrogen and oxygen atoms in total. The van der Waals surface area contributed by atoms with E-state index >= 15 is 0 Å². The molecule has 2 aromatic heterocycles. The van der Waals surface area contributed by atoms with Crippen molar-refractivity contribution < 1.29 is 0 Å². The van der Waals surface area contributed by atoms with E-state index in [0.29, 0.717) is 0 Å². The lowest BCUT2D eigenvalue weighted by Gasteiger charge is -2.28. The number of hydrogen-bond donors (Lipinski definition) is 1. The van der Waals surface area contributed by atoms with Crippen molar-refractivity contribution in [2.75, 3.05) is 11.4 Å². The first kappa shape index (κ1) is 11.6. The van der Waals surface area contributed by atoms with Crippen molar-refractivity contribution in [3.63, 3.8) is 0 Å². The zero-order valence-corrected chi connectivity index (χ0v) is 12.4. The third-order valence-electron chi connectivity index (χ3n) is 5.16. The monoisotopic (exact) mass is 288 g/mol. The topological polar surface area (TPSA) is 32.6 Å². The summed E-state index contributed by atoms with van der Waals surface area (Å²) in [4.78, 5) is 8.68. The maximum absolute atomic E-state index is 4.94. The van der Waals surface area contributed by atoms with Crippen molar-refractivity contribution in [1.29, 1.82) is 0 Å². The second kappa shape index (κ2) is 4.21. The highest BCUT2D eigenvalue weighted by Crippen LogP contribution is 2.41. The van der Waals surface area contributed by atoms with Crippen LogP contribution in [-0.2, 0) is 6.54 Å². The van der Waals surface area contributed by atoms with Crippen molar-refractivity contribution in [2.24, 2.45) is 5.92 Å². The van der Waals surface area contributed by atoms with Crippen molar-refractivity contribution >= 4 is 22.1 Å². The Morgan fingerprint density at radius 1 is 1.30 bits per heavy atom. The molecule has 2 saturated carbocycles. The van der Waals surface area contributed by atoms with E-state index in [2.05, 4.69) is 26.2 Å². The van der Waals surface area contributed by atoms with Gasteiger partial charge in [0.05, 0.1) is 5.69 Å². The lowest BCUT2D eigenvalue weighted by Crippen LogP contribution is -2.33. The van der Waals surface area contributed by atoms with Crippen LogP contribution in [0.3, 0.4) is 0 Å². The zero-order chi connectivity index (χ0) is 13.1. The Hall–Kier alpha value is -1.07. The van der Waals surface area contributed by atoms with Gasteiger partial charge in [0, 0.05) is 36.8 Å². The summed E-state index contributed by atoms with van der Waals surface area (Å²) in [6.45, 7) is 2.19. The lowest BCUT2D eigenvalue weighted by molar-refractivity contribution is 0.548. The van der Waals surface area contributed by atoms with Crippen molar-refractivity contribution in [3.8, 4) is 0 Å². The predicted molar refractivity (Wildman–Crippen MR) is 81.4 cm³/mol. The van der Waals surface area contributed by atoms with Gasteiger partial charge in [-0.2, -0.15) is 0 Å². The molecule has 2 aliphatic carbocycles. The molecule has 0 amide bonds. The quantitative estimate of drug-likeness (QED) is 0.939. The van der Waals surface area contributed by atoms with E-state index in [1.54, 1.807) is 11.3 Å². The molecule has 20 heavy (non-hydrogen) atoms. The van der Waals surface area contributed by atoms with Gasteiger partial charge in [0.25, 0.3) is 0 Å². The molecule has 5 heteroatoms. The van der Waals surface area contributed by atoms with Crippen LogP contribution >= 0.6 is 11.3 Å². The molecular formula is C15H20N4S. The standard InChI is InChI=1S/C15H20N4S/c1-4-12-7-10(1)9-19(12)14-13(8-16-11-2-3-11)18-5-6-20-15(18)17-14/h5-6,10-12,16H,1-4,7-9H2. The first-order valence-corrected chi connectivity index (χ1v) is 8.71. The van der Waals surface area contributed by atoms with Crippen LogP contribution in [-0.4, -0.2) is 28.0 Å². The highest BCUT2D eigenvalue weighted by atomic mass is 32.1. The normalized spacial score (nSPS) is 28.9. The summed E-state index contributed by atoms with van der Waals surface area (Å²) in [5, 5.41) is 5.81. The van der Waals surface area contributed by atoms with E-state index < -0.39 is 0 Å². The average molecular weight is 288 g/mol. The maximum Gasteiger partial charge on any atom is 0.195 e. The predicted octanol–water partition coefficient (Wildman–Crippen LogP) is 2.64. The van der Waals surface area contributed by atoms with Crippen molar-refractivity contribution in [2.45, 2.75) is 50.7 Å². The van der Waals surface area contributed by atoms with Gasteiger partial charge in [0.1, 0.15) is 0 Å². The third-order valence-corrected chi connectivity index (χ3v) is 5.91. The van der Waals surface area contributed by atoms with Gasteiger partial charge in [-0.25, -0.2) is 4.98 Å². The number of piperidine rings is 1. The number of thiazole rings is 1. The number of nitrogens with one attached hydrogen (secondary N) is 1. The zero-order valence-electron chi connectivity index (χ0n) is 11.6. The summed E-state index contributed by atoms with van der Waals surface area (Å²) in [6.07, 6.45) is 9.05. The summed E-state index contributed by atoms with van der Waals surface area (Å²) < 4.78 is 2.29. The largest absolute Gasteiger partial charge is 0.352 e. The molecule has 3 fully saturated rings. The van der Waals surface area contributed by atoms with Crippen LogP contribution in [0.5, 0.6) is 0 Å². The number of imidazole rings is 1. The van der Waals surface area contributed by atoms with Crippen LogP contribution in [0.2, 0.25) is 0 Å². The summed E-state index contributed by atoms with van der Waals surface area (Å²) in [5.41, 5.74) is 1.38. The van der Waals surface area contributed by atoms with Crippen LogP contribution in [0.4, 0.5) is 5.82 Å². The van der Waals surface area contributed by atoms with Gasteiger partial charge < -0.3 is 10.2 Å². The second-order valence-electron chi connectivity index (χ2n) is 6.58. The highest BCUT2D eigenvalue weighted by molar-refractivity contribution is 7.15. The van der Waals surface area contributed by atoms with Gasteiger partial charge in [-0.3, -0.25) is 4.40 Å². The van der Waals surface area contributed by atoms with Crippen LogP contribution < -0.4 is 10.2 Å². The fourth-order valence-corrected chi connectivity index (χ4v) is 4.66. The molecular weight excluding hydrogens is 268 g/mol. The van der Waals surface area contributed by atoms with Crippen LogP contribution in [0.1, 0.15) is 37.8 Å². The minimum atomic E-state index is 0.752. The highest BCUT2D eigenvalue weighted by Gasteiger charge is 2.40. The minimum absolute atomic E-state index is 0.752. The number of hydrogen-bond acceptors (Lipinski definition) is 4. The summed E-state index contributed by atoms with van der Waals surface area (Å²) >= 11 is 1.75. The van der Waals surface area contributed by atoms with E-state index in [1.807, 2.05) is 0 Å². The fraction of sp³-hybridized carbons (Fsp3) is 0.667. The molecule has 2 bridgehead atoms. The first-order chi connectivity index (χ1) is 9.88. The number of aromatic nitrogens is 2. The van der Waals surface area contributed by atoms with E-state index in [4.69, 9.17) is 4.98 Å². The molecule has 1 saturated heterocycles. The molecule has 106 valence electrons. The van der Waals surface area contributed by atoms with E-state index in [9.17, 15) is 0 Å². The Balaban J connectivity index is 1.52. The summed E-state index contributed by atoms with van der Waals surface area (Å²) in [6, 6.07) is 1.51. The molecule has 5 rings (SSSR count). The van der Waals surface area contributed by atoms with Gasteiger partial charge >= 0.3 is 0 Å². The molecule has 2 aromatic rings. The molecule has 2 atom stereocenters. The van der Waals surface area contributed by atoms with E-state index in [-0.39, 0.29) is 0 Å². The SMILES string of the molecule is c1cn2c(CNC3CC3)c(N3CC4CCC3C4)nc2s1. The lowest BCUT2D eigenvalue weighted by atomic mass is 10.1. The van der Waals surface area contributed by atoms with Crippen molar-refractivity contribution in [1.82, 2.24) is 14.7 Å². The average Bonchev–Trinajstić information content (AvgIpc) is 2.88. The first-order valence-electron chi connectivity index (χ1n) is 7.83. The Bertz CT molecular complexity index is 641. The van der Waals surface area contributed by atoms with Crippen molar-refractivity contribution in [3.05, 3.63) is 17.3 Å². The smallest absolute Gasteiger partial charge is 0.195 e.